The van der Waals surface area contributed by atoms with Crippen LogP contribution in [0.15, 0.2) is 65.7 Å². The number of hydrogen-bond acceptors (Lipinski definition) is 5. The normalized spacial score (nSPS) is 11.0. The monoisotopic (exact) mass is 503 g/mol. The van der Waals surface area contributed by atoms with Gasteiger partial charge in [-0.1, -0.05) is 24.3 Å². The van der Waals surface area contributed by atoms with Crippen LogP contribution in [0.5, 0.6) is 0 Å². The smallest absolute Gasteiger partial charge is 0.268 e. The Morgan fingerprint density at radius 2 is 1.75 bits per heavy atom. The molecule has 0 saturated carbocycles. The lowest BCUT2D eigenvalue weighted by Gasteiger charge is -2.12. The van der Waals surface area contributed by atoms with Gasteiger partial charge in [-0.25, -0.2) is 16.8 Å². The average Bonchev–Trinajstić information content (AvgIpc) is 3.17. The fourth-order valence-electron chi connectivity index (χ4n) is 3.20. The number of nitrogens with zero attached hydrogens (tertiary/aromatic N) is 1. The van der Waals surface area contributed by atoms with E-state index in [0.29, 0.717) is 31.9 Å². The van der Waals surface area contributed by atoms with Gasteiger partial charge in [-0.2, -0.15) is 0 Å². The molecular formula is C22H28Cl2FN3O3S. The predicted octanol–water partition coefficient (Wildman–Crippen LogP) is 3.83. The highest BCUT2D eigenvalue weighted by Crippen LogP contribution is 2.29. The van der Waals surface area contributed by atoms with E-state index in [1.807, 2.05) is 6.07 Å². The summed E-state index contributed by atoms with van der Waals surface area (Å²) in [5.41, 5.74) is 2.11. The van der Waals surface area contributed by atoms with Crippen molar-refractivity contribution >= 4 is 34.8 Å². The number of ether oxygens (including phenoxy) is 1. The van der Waals surface area contributed by atoms with E-state index in [1.54, 1.807) is 56.6 Å². The molecule has 10 heteroatoms. The summed E-state index contributed by atoms with van der Waals surface area (Å²) in [6, 6.07) is 14.6. The Morgan fingerprint density at radius 1 is 1.00 bits per heavy atom. The van der Waals surface area contributed by atoms with E-state index >= 15 is 0 Å². The van der Waals surface area contributed by atoms with Gasteiger partial charge in [0.2, 0.25) is 0 Å². The lowest BCUT2D eigenvalue weighted by atomic mass is 10.1. The van der Waals surface area contributed by atoms with Crippen molar-refractivity contribution < 1.29 is 17.5 Å². The topological polar surface area (TPSA) is 72.4 Å². The third kappa shape index (κ3) is 6.54. The van der Waals surface area contributed by atoms with Gasteiger partial charge in [0.1, 0.15) is 5.82 Å². The van der Waals surface area contributed by atoms with Gasteiger partial charge in [-0.05, 0) is 48.5 Å². The third-order valence-electron chi connectivity index (χ3n) is 4.64. The summed E-state index contributed by atoms with van der Waals surface area (Å²) in [7, 11) is -0.521. The second-order valence-electron chi connectivity index (χ2n) is 6.86. The number of methoxy groups -OCH3 is 1. The quantitative estimate of drug-likeness (QED) is 0.411. The van der Waals surface area contributed by atoms with Crippen molar-refractivity contribution in [3.8, 4) is 11.3 Å². The van der Waals surface area contributed by atoms with Crippen LogP contribution in [0.25, 0.3) is 11.3 Å². The molecule has 0 saturated heterocycles. The van der Waals surface area contributed by atoms with E-state index < -0.39 is 15.8 Å². The van der Waals surface area contributed by atoms with Gasteiger partial charge in [0.25, 0.3) is 10.0 Å². The van der Waals surface area contributed by atoms with Gasteiger partial charge in [0.15, 0.2) is 0 Å². The lowest BCUT2D eigenvalue weighted by Crippen LogP contribution is -2.19. The maximum absolute atomic E-state index is 14.5. The van der Waals surface area contributed by atoms with Crippen molar-refractivity contribution in [2.24, 2.45) is 0 Å². The van der Waals surface area contributed by atoms with E-state index in [2.05, 4.69) is 10.6 Å². The lowest BCUT2D eigenvalue weighted by molar-refractivity contribution is 0.199. The zero-order valence-electron chi connectivity index (χ0n) is 17.9. The van der Waals surface area contributed by atoms with Crippen molar-refractivity contribution in [1.29, 1.82) is 0 Å². The molecule has 2 N–H and O–H groups in total. The van der Waals surface area contributed by atoms with E-state index in [9.17, 15) is 12.8 Å². The van der Waals surface area contributed by atoms with E-state index in [1.165, 1.54) is 12.3 Å². The van der Waals surface area contributed by atoms with Crippen molar-refractivity contribution in [2.75, 3.05) is 27.3 Å². The number of hydrogen-bond donors (Lipinski definition) is 2. The molecule has 0 fully saturated rings. The highest BCUT2D eigenvalue weighted by atomic mass is 35.5. The average molecular weight is 504 g/mol. The van der Waals surface area contributed by atoms with Crippen LogP contribution in [0, 0.1) is 5.82 Å². The maximum Gasteiger partial charge on any atom is 0.268 e. The Hall–Kier alpha value is -1.94. The summed E-state index contributed by atoms with van der Waals surface area (Å²) in [6.07, 6.45) is 1.54. The summed E-state index contributed by atoms with van der Waals surface area (Å²) >= 11 is 0. The molecule has 3 aromatic rings. The molecule has 0 spiro atoms. The Labute approximate surface area is 201 Å². The standard InChI is InChI=1S/C22H26FN3O3S.2ClH/c1-24-14-18-13-22(20-8-3-4-9-21(20)23)26(16-18)30(27,28)19-7-5-6-17(12-19)15-25-10-11-29-2;;/h3-9,12-13,16,24-25H,10-11,14-15H2,1-2H3;2*1H. The van der Waals surface area contributed by atoms with Gasteiger partial charge in [0, 0.05) is 38.5 Å². The highest BCUT2D eigenvalue weighted by molar-refractivity contribution is 7.90. The summed E-state index contributed by atoms with van der Waals surface area (Å²) in [5, 5.41) is 6.21. The van der Waals surface area contributed by atoms with Gasteiger partial charge in [-0.3, -0.25) is 0 Å². The largest absolute Gasteiger partial charge is 0.383 e. The molecule has 0 aliphatic carbocycles. The van der Waals surface area contributed by atoms with Crippen LogP contribution in [0.2, 0.25) is 0 Å². The Kier molecular flexibility index (Phi) is 11.4. The van der Waals surface area contributed by atoms with Gasteiger partial charge in [-0.15, -0.1) is 24.8 Å². The predicted molar refractivity (Wildman–Crippen MR) is 130 cm³/mol. The summed E-state index contributed by atoms with van der Waals surface area (Å²) in [6.45, 7) is 2.22. The minimum atomic E-state index is -3.92. The SMILES string of the molecule is CNCc1cc(-c2ccccc2F)n(S(=O)(=O)c2cccc(CNCCOC)c2)c1.Cl.Cl. The van der Waals surface area contributed by atoms with Crippen molar-refractivity contribution in [2.45, 2.75) is 18.0 Å². The van der Waals surface area contributed by atoms with Crippen LogP contribution in [0.4, 0.5) is 4.39 Å². The molecule has 32 heavy (non-hydrogen) atoms. The molecule has 0 aliphatic heterocycles. The first-order valence-corrected chi connectivity index (χ1v) is 11.1. The minimum absolute atomic E-state index is 0. The molecule has 0 bridgehead atoms. The fraction of sp³-hybridized carbons (Fsp3) is 0.273. The van der Waals surface area contributed by atoms with Crippen molar-refractivity contribution in [1.82, 2.24) is 14.6 Å². The summed E-state index contributed by atoms with van der Waals surface area (Å²) in [4.78, 5) is 0.151. The first-order valence-electron chi connectivity index (χ1n) is 9.62. The molecule has 1 aromatic heterocycles. The Balaban J connectivity index is 0.00000256. The van der Waals surface area contributed by atoms with Gasteiger partial charge in [0.05, 0.1) is 17.2 Å². The van der Waals surface area contributed by atoms with Crippen LogP contribution in [0.1, 0.15) is 11.1 Å². The first kappa shape index (κ1) is 28.1. The van der Waals surface area contributed by atoms with E-state index in [-0.39, 0.29) is 35.3 Å². The first-order chi connectivity index (χ1) is 14.5. The molecule has 0 atom stereocenters. The van der Waals surface area contributed by atoms with Crippen LogP contribution in [0.3, 0.4) is 0 Å². The van der Waals surface area contributed by atoms with Crippen LogP contribution >= 0.6 is 24.8 Å². The van der Waals surface area contributed by atoms with Crippen LogP contribution in [-0.2, 0) is 27.8 Å². The van der Waals surface area contributed by atoms with E-state index in [4.69, 9.17) is 4.74 Å². The number of nitrogens with one attached hydrogen (secondary N) is 2. The molecule has 3 rings (SSSR count). The highest BCUT2D eigenvalue weighted by Gasteiger charge is 2.23. The molecule has 0 aliphatic rings. The fourth-order valence-corrected chi connectivity index (χ4v) is 4.66. The number of benzene rings is 2. The van der Waals surface area contributed by atoms with Crippen molar-refractivity contribution in [3.05, 3.63) is 77.7 Å². The van der Waals surface area contributed by atoms with E-state index in [0.717, 1.165) is 15.1 Å². The van der Waals surface area contributed by atoms with Crippen LogP contribution < -0.4 is 10.6 Å². The zero-order chi connectivity index (χ0) is 21.6. The molecule has 6 nitrogen and oxygen atoms in total. The van der Waals surface area contributed by atoms with Gasteiger partial charge < -0.3 is 15.4 Å². The number of aromatic nitrogens is 1. The molecular weight excluding hydrogens is 476 g/mol. The van der Waals surface area contributed by atoms with Gasteiger partial charge >= 0.3 is 0 Å². The molecule has 176 valence electrons. The molecule has 2 aromatic carbocycles. The molecule has 0 amide bonds. The number of halogens is 3. The summed E-state index contributed by atoms with van der Waals surface area (Å²) in [5.74, 6) is -0.473. The molecule has 0 radical (unpaired) electrons. The van der Waals surface area contributed by atoms with Crippen LogP contribution in [-0.4, -0.2) is 39.7 Å². The Bertz CT molecular complexity index is 1110. The molecule has 1 heterocycles. The second-order valence-corrected chi connectivity index (χ2v) is 8.68. The zero-order valence-corrected chi connectivity index (χ0v) is 20.3. The second kappa shape index (κ2) is 12.9. The number of rotatable bonds is 10. The Morgan fingerprint density at radius 3 is 2.44 bits per heavy atom. The third-order valence-corrected chi connectivity index (χ3v) is 6.31. The minimum Gasteiger partial charge on any atom is -0.383 e. The molecule has 0 unspecified atom stereocenters. The maximum atomic E-state index is 14.5. The summed E-state index contributed by atoms with van der Waals surface area (Å²) < 4.78 is 47.6. The van der Waals surface area contributed by atoms with Crippen molar-refractivity contribution in [3.63, 3.8) is 0 Å².